The molecule has 0 N–H and O–H groups in total. The molecular formula is C25H38OSi. The summed E-state index contributed by atoms with van der Waals surface area (Å²) >= 11 is 0. The predicted octanol–water partition coefficient (Wildman–Crippen LogP) is 6.42. The van der Waals surface area contributed by atoms with Crippen LogP contribution < -0.4 is 5.19 Å². The van der Waals surface area contributed by atoms with E-state index in [2.05, 4.69) is 76.0 Å². The van der Waals surface area contributed by atoms with Gasteiger partial charge in [0, 0.05) is 0 Å². The van der Waals surface area contributed by atoms with E-state index in [-0.39, 0.29) is 0 Å². The van der Waals surface area contributed by atoms with E-state index in [0.29, 0.717) is 6.61 Å². The van der Waals surface area contributed by atoms with Gasteiger partial charge in [0.1, 0.15) is 0 Å². The molecule has 2 heteroatoms. The molecule has 27 heavy (non-hydrogen) atoms. The van der Waals surface area contributed by atoms with E-state index in [1.165, 1.54) is 48.8 Å². The van der Waals surface area contributed by atoms with Crippen molar-refractivity contribution in [1.82, 2.24) is 0 Å². The molecule has 0 atom stereocenters. The van der Waals surface area contributed by atoms with Crippen LogP contribution in [0.2, 0.25) is 19.6 Å². The van der Waals surface area contributed by atoms with E-state index in [9.17, 15) is 0 Å². The lowest BCUT2D eigenvalue weighted by Crippen LogP contribution is -2.42. The molecule has 0 aromatic heterocycles. The SMILES string of the molecule is CCCCCCc1cc(CCOCc2ccccc2)cc(C)c1[Si](C)(C)C. The normalized spacial score (nSPS) is 11.7. The fourth-order valence-corrected chi connectivity index (χ4v) is 6.47. The maximum Gasteiger partial charge on any atom is 0.0783 e. The fraction of sp³-hybridized carbons (Fsp3) is 0.520. The van der Waals surface area contributed by atoms with Gasteiger partial charge in [-0.2, -0.15) is 0 Å². The van der Waals surface area contributed by atoms with Crippen LogP contribution in [0.3, 0.4) is 0 Å². The Balaban J connectivity index is 2.02. The summed E-state index contributed by atoms with van der Waals surface area (Å²) in [6.45, 7) is 13.5. The highest BCUT2D eigenvalue weighted by Gasteiger charge is 2.22. The zero-order valence-corrected chi connectivity index (χ0v) is 19.1. The molecular weight excluding hydrogens is 344 g/mol. The Morgan fingerprint density at radius 2 is 1.59 bits per heavy atom. The second-order valence-electron chi connectivity index (χ2n) is 8.80. The van der Waals surface area contributed by atoms with Gasteiger partial charge < -0.3 is 4.74 Å². The van der Waals surface area contributed by atoms with Gasteiger partial charge in [0.25, 0.3) is 0 Å². The molecule has 0 spiro atoms. The number of unbranched alkanes of at least 4 members (excludes halogenated alkanes) is 3. The lowest BCUT2D eigenvalue weighted by atomic mass is 9.99. The fourth-order valence-electron chi connectivity index (χ4n) is 4.05. The van der Waals surface area contributed by atoms with Crippen LogP contribution in [0.25, 0.3) is 0 Å². The van der Waals surface area contributed by atoms with Gasteiger partial charge in [0.15, 0.2) is 0 Å². The van der Waals surface area contributed by atoms with Crippen molar-refractivity contribution in [3.63, 3.8) is 0 Å². The summed E-state index contributed by atoms with van der Waals surface area (Å²) in [5, 5.41) is 1.69. The molecule has 2 rings (SSSR count). The third-order valence-corrected chi connectivity index (χ3v) is 7.39. The highest BCUT2D eigenvalue weighted by molar-refractivity contribution is 6.89. The van der Waals surface area contributed by atoms with Crippen LogP contribution in [0.1, 0.15) is 54.9 Å². The first kappa shape index (κ1) is 21.9. The van der Waals surface area contributed by atoms with E-state index >= 15 is 0 Å². The van der Waals surface area contributed by atoms with Crippen molar-refractivity contribution in [2.24, 2.45) is 0 Å². The van der Waals surface area contributed by atoms with Crippen molar-refractivity contribution >= 4 is 13.3 Å². The molecule has 2 aromatic carbocycles. The first-order valence-corrected chi connectivity index (χ1v) is 14.2. The molecule has 0 unspecified atom stereocenters. The van der Waals surface area contributed by atoms with E-state index in [1.54, 1.807) is 10.8 Å². The van der Waals surface area contributed by atoms with Crippen LogP contribution >= 0.6 is 0 Å². The van der Waals surface area contributed by atoms with Gasteiger partial charge >= 0.3 is 0 Å². The lowest BCUT2D eigenvalue weighted by Gasteiger charge is -2.25. The zero-order chi connectivity index (χ0) is 19.7. The van der Waals surface area contributed by atoms with E-state index in [0.717, 1.165) is 13.0 Å². The first-order chi connectivity index (χ1) is 12.9. The Hall–Kier alpha value is -1.38. The van der Waals surface area contributed by atoms with Crippen LogP contribution in [0.4, 0.5) is 0 Å². The molecule has 148 valence electrons. The van der Waals surface area contributed by atoms with Gasteiger partial charge in [-0.1, -0.05) is 99.0 Å². The molecule has 0 bridgehead atoms. The lowest BCUT2D eigenvalue weighted by molar-refractivity contribution is 0.124. The van der Waals surface area contributed by atoms with Gasteiger partial charge in [0.05, 0.1) is 21.3 Å². The second-order valence-corrected chi connectivity index (χ2v) is 13.8. The molecule has 0 aliphatic carbocycles. The Morgan fingerprint density at radius 3 is 2.26 bits per heavy atom. The predicted molar refractivity (Wildman–Crippen MR) is 122 cm³/mol. The number of aryl methyl sites for hydroxylation is 2. The Morgan fingerprint density at radius 1 is 0.852 bits per heavy atom. The van der Waals surface area contributed by atoms with Crippen molar-refractivity contribution in [3.8, 4) is 0 Å². The summed E-state index contributed by atoms with van der Waals surface area (Å²) in [6, 6.07) is 15.3. The van der Waals surface area contributed by atoms with Crippen molar-refractivity contribution < 1.29 is 4.74 Å². The molecule has 0 saturated carbocycles. The molecule has 2 aromatic rings. The average Bonchev–Trinajstić information content (AvgIpc) is 2.62. The Bertz CT molecular complexity index is 685. The molecule has 0 radical (unpaired) electrons. The molecule has 1 nitrogen and oxygen atoms in total. The third-order valence-electron chi connectivity index (χ3n) is 5.17. The van der Waals surface area contributed by atoms with Crippen molar-refractivity contribution in [2.75, 3.05) is 6.61 Å². The molecule has 0 amide bonds. The quantitative estimate of drug-likeness (QED) is 0.322. The number of rotatable bonds is 11. The van der Waals surface area contributed by atoms with Gasteiger partial charge in [-0.05, 0) is 42.9 Å². The Labute approximate surface area is 168 Å². The van der Waals surface area contributed by atoms with E-state index in [1.807, 2.05) is 0 Å². The van der Waals surface area contributed by atoms with Gasteiger partial charge in [-0.15, -0.1) is 0 Å². The van der Waals surface area contributed by atoms with Gasteiger partial charge in [0.2, 0.25) is 0 Å². The molecule has 0 fully saturated rings. The van der Waals surface area contributed by atoms with Crippen LogP contribution in [-0.4, -0.2) is 14.7 Å². The average molecular weight is 383 g/mol. The summed E-state index contributed by atoms with van der Waals surface area (Å²) < 4.78 is 5.92. The van der Waals surface area contributed by atoms with Crippen LogP contribution in [0.15, 0.2) is 42.5 Å². The standard InChI is InChI=1S/C25H38OSi/c1-6-7-8-12-15-24-19-23(18-21(2)25(24)27(3,4)5)16-17-26-20-22-13-10-9-11-14-22/h9-11,13-14,18-19H,6-8,12,15-17,20H2,1-5H3. The summed E-state index contributed by atoms with van der Waals surface area (Å²) in [5.74, 6) is 0. The number of benzene rings is 2. The largest absolute Gasteiger partial charge is 0.376 e. The zero-order valence-electron chi connectivity index (χ0n) is 18.1. The van der Waals surface area contributed by atoms with Crippen molar-refractivity contribution in [1.29, 1.82) is 0 Å². The van der Waals surface area contributed by atoms with Crippen molar-refractivity contribution in [2.45, 2.75) is 78.6 Å². The van der Waals surface area contributed by atoms with E-state index in [4.69, 9.17) is 4.74 Å². The summed E-state index contributed by atoms with van der Waals surface area (Å²) in [4.78, 5) is 0. The third kappa shape index (κ3) is 7.27. The molecule has 0 saturated heterocycles. The molecule has 0 heterocycles. The summed E-state index contributed by atoms with van der Waals surface area (Å²) in [5.41, 5.74) is 5.80. The topological polar surface area (TPSA) is 9.23 Å². The second kappa shape index (κ2) is 10.8. The minimum Gasteiger partial charge on any atom is -0.376 e. The minimum atomic E-state index is -1.33. The van der Waals surface area contributed by atoms with Gasteiger partial charge in [-0.25, -0.2) is 0 Å². The monoisotopic (exact) mass is 382 g/mol. The molecule has 0 aliphatic heterocycles. The Kier molecular flexibility index (Phi) is 8.78. The number of hydrogen-bond acceptors (Lipinski definition) is 1. The highest BCUT2D eigenvalue weighted by atomic mass is 28.3. The first-order valence-electron chi connectivity index (χ1n) is 10.7. The number of hydrogen-bond donors (Lipinski definition) is 0. The van der Waals surface area contributed by atoms with Gasteiger partial charge in [-0.3, -0.25) is 0 Å². The summed E-state index contributed by atoms with van der Waals surface area (Å²) in [6.07, 6.45) is 7.57. The molecule has 0 aliphatic rings. The number of ether oxygens (including phenoxy) is 1. The maximum atomic E-state index is 5.92. The maximum absolute atomic E-state index is 5.92. The van der Waals surface area contributed by atoms with Crippen LogP contribution in [-0.2, 0) is 24.2 Å². The van der Waals surface area contributed by atoms with Crippen LogP contribution in [0.5, 0.6) is 0 Å². The minimum absolute atomic E-state index is 0.705. The van der Waals surface area contributed by atoms with Crippen LogP contribution in [0, 0.1) is 6.92 Å². The highest BCUT2D eigenvalue weighted by Crippen LogP contribution is 2.18. The van der Waals surface area contributed by atoms with Crippen molar-refractivity contribution in [3.05, 3.63) is 64.7 Å². The van der Waals surface area contributed by atoms with E-state index < -0.39 is 8.07 Å². The summed E-state index contributed by atoms with van der Waals surface area (Å²) in [7, 11) is -1.33. The smallest absolute Gasteiger partial charge is 0.0783 e.